The SMILES string of the molecule is CCCCCOc1ccc(CNC2(CO)CC2)cc1. The molecular formula is C16H25NO2. The van der Waals surface area contributed by atoms with Gasteiger partial charge in [-0.1, -0.05) is 31.9 Å². The van der Waals surface area contributed by atoms with Gasteiger partial charge in [0.2, 0.25) is 0 Å². The van der Waals surface area contributed by atoms with Crippen LogP contribution < -0.4 is 10.1 Å². The zero-order valence-corrected chi connectivity index (χ0v) is 11.8. The van der Waals surface area contributed by atoms with E-state index < -0.39 is 0 Å². The number of ether oxygens (including phenoxy) is 1. The topological polar surface area (TPSA) is 41.5 Å². The fourth-order valence-electron chi connectivity index (χ4n) is 2.08. The van der Waals surface area contributed by atoms with Crippen molar-refractivity contribution in [3.05, 3.63) is 29.8 Å². The van der Waals surface area contributed by atoms with Gasteiger partial charge < -0.3 is 15.2 Å². The van der Waals surface area contributed by atoms with Crippen LogP contribution in [0.1, 0.15) is 44.6 Å². The molecule has 1 aliphatic rings. The molecular weight excluding hydrogens is 238 g/mol. The lowest BCUT2D eigenvalue weighted by Gasteiger charge is -2.14. The Labute approximate surface area is 116 Å². The van der Waals surface area contributed by atoms with Gasteiger partial charge in [-0.05, 0) is 37.0 Å². The standard InChI is InChI=1S/C16H25NO2/c1-2-3-4-11-19-15-7-5-14(6-8-15)12-17-16(13-18)9-10-16/h5-8,17-18H,2-4,9-13H2,1H3. The number of hydrogen-bond acceptors (Lipinski definition) is 3. The van der Waals surface area contributed by atoms with Gasteiger partial charge in [-0.25, -0.2) is 0 Å². The van der Waals surface area contributed by atoms with Crippen LogP contribution in [0, 0.1) is 0 Å². The van der Waals surface area contributed by atoms with E-state index in [4.69, 9.17) is 4.74 Å². The van der Waals surface area contributed by atoms with E-state index in [0.717, 1.165) is 38.2 Å². The second kappa shape index (κ2) is 6.92. The molecule has 3 heteroatoms. The Morgan fingerprint density at radius 2 is 1.95 bits per heavy atom. The fourth-order valence-corrected chi connectivity index (χ4v) is 2.08. The molecule has 1 aliphatic carbocycles. The van der Waals surface area contributed by atoms with Crippen LogP contribution in [-0.2, 0) is 6.54 Å². The summed E-state index contributed by atoms with van der Waals surface area (Å²) >= 11 is 0. The third kappa shape index (κ3) is 4.51. The van der Waals surface area contributed by atoms with E-state index in [1.807, 2.05) is 12.1 Å². The first-order valence-electron chi connectivity index (χ1n) is 7.36. The summed E-state index contributed by atoms with van der Waals surface area (Å²) in [7, 11) is 0. The highest BCUT2D eigenvalue weighted by Crippen LogP contribution is 2.34. The van der Waals surface area contributed by atoms with Crippen molar-refractivity contribution in [2.75, 3.05) is 13.2 Å². The Bertz CT molecular complexity index is 371. The normalized spacial score (nSPS) is 16.3. The van der Waals surface area contributed by atoms with Gasteiger partial charge in [0.25, 0.3) is 0 Å². The first kappa shape index (κ1) is 14.4. The monoisotopic (exact) mass is 263 g/mol. The van der Waals surface area contributed by atoms with Gasteiger partial charge in [-0.3, -0.25) is 0 Å². The van der Waals surface area contributed by atoms with Gasteiger partial charge >= 0.3 is 0 Å². The number of aliphatic hydroxyl groups excluding tert-OH is 1. The van der Waals surface area contributed by atoms with Crippen molar-refractivity contribution >= 4 is 0 Å². The summed E-state index contributed by atoms with van der Waals surface area (Å²) in [5, 5.41) is 12.7. The van der Waals surface area contributed by atoms with Crippen LogP contribution in [0.5, 0.6) is 5.75 Å². The number of benzene rings is 1. The van der Waals surface area contributed by atoms with Crippen molar-refractivity contribution < 1.29 is 9.84 Å². The maximum atomic E-state index is 9.24. The first-order chi connectivity index (χ1) is 9.28. The Kier molecular flexibility index (Phi) is 5.23. The highest BCUT2D eigenvalue weighted by molar-refractivity contribution is 5.27. The molecule has 0 heterocycles. The van der Waals surface area contributed by atoms with E-state index in [1.54, 1.807) is 0 Å². The second-order valence-electron chi connectivity index (χ2n) is 5.49. The molecule has 0 amide bonds. The molecule has 2 N–H and O–H groups in total. The summed E-state index contributed by atoms with van der Waals surface area (Å²) in [6.45, 7) is 4.06. The van der Waals surface area contributed by atoms with E-state index in [2.05, 4.69) is 24.4 Å². The molecule has 19 heavy (non-hydrogen) atoms. The van der Waals surface area contributed by atoms with E-state index in [9.17, 15) is 5.11 Å². The molecule has 0 bridgehead atoms. The van der Waals surface area contributed by atoms with E-state index in [-0.39, 0.29) is 12.1 Å². The van der Waals surface area contributed by atoms with Crippen LogP contribution in [0.25, 0.3) is 0 Å². The van der Waals surface area contributed by atoms with Crippen molar-refractivity contribution in [3.63, 3.8) is 0 Å². The minimum atomic E-state index is 0.00925. The molecule has 0 atom stereocenters. The lowest BCUT2D eigenvalue weighted by Crippen LogP contribution is -2.34. The summed E-state index contributed by atoms with van der Waals surface area (Å²) in [6, 6.07) is 8.24. The molecule has 3 nitrogen and oxygen atoms in total. The molecule has 1 aromatic carbocycles. The third-order valence-electron chi connectivity index (χ3n) is 3.76. The maximum Gasteiger partial charge on any atom is 0.119 e. The summed E-state index contributed by atoms with van der Waals surface area (Å²) < 4.78 is 5.68. The number of rotatable bonds is 9. The lowest BCUT2D eigenvalue weighted by atomic mass is 10.2. The predicted octanol–water partition coefficient (Wildman–Crippen LogP) is 2.87. The Balaban J connectivity index is 1.72. The zero-order chi connectivity index (χ0) is 13.6. The van der Waals surface area contributed by atoms with Crippen LogP contribution in [-0.4, -0.2) is 23.9 Å². The fraction of sp³-hybridized carbons (Fsp3) is 0.625. The first-order valence-corrected chi connectivity index (χ1v) is 7.36. The number of aliphatic hydroxyl groups is 1. The van der Waals surface area contributed by atoms with Crippen molar-refractivity contribution in [2.45, 2.75) is 51.1 Å². The highest BCUT2D eigenvalue weighted by atomic mass is 16.5. The molecule has 0 radical (unpaired) electrons. The Morgan fingerprint density at radius 3 is 2.53 bits per heavy atom. The average molecular weight is 263 g/mol. The summed E-state index contributed by atoms with van der Waals surface area (Å²) in [6.07, 6.45) is 5.74. The molecule has 0 aromatic heterocycles. The average Bonchev–Trinajstić information content (AvgIpc) is 3.23. The smallest absolute Gasteiger partial charge is 0.119 e. The van der Waals surface area contributed by atoms with Crippen molar-refractivity contribution in [1.29, 1.82) is 0 Å². The molecule has 106 valence electrons. The minimum Gasteiger partial charge on any atom is -0.494 e. The minimum absolute atomic E-state index is 0.00925. The zero-order valence-electron chi connectivity index (χ0n) is 11.8. The van der Waals surface area contributed by atoms with Gasteiger partial charge in [0.05, 0.1) is 13.2 Å². The molecule has 0 aliphatic heterocycles. The highest BCUT2D eigenvalue weighted by Gasteiger charge is 2.41. The maximum absolute atomic E-state index is 9.24. The van der Waals surface area contributed by atoms with Gasteiger partial charge in [0.1, 0.15) is 5.75 Å². The number of hydrogen-bond donors (Lipinski definition) is 2. The lowest BCUT2D eigenvalue weighted by molar-refractivity contribution is 0.229. The summed E-state index contributed by atoms with van der Waals surface area (Å²) in [4.78, 5) is 0. The molecule has 1 fully saturated rings. The van der Waals surface area contributed by atoms with Crippen molar-refractivity contribution in [2.24, 2.45) is 0 Å². The van der Waals surface area contributed by atoms with Gasteiger partial charge in [0, 0.05) is 12.1 Å². The molecule has 1 aromatic rings. The largest absolute Gasteiger partial charge is 0.494 e. The number of nitrogens with one attached hydrogen (secondary N) is 1. The van der Waals surface area contributed by atoms with Gasteiger partial charge in [0.15, 0.2) is 0 Å². The van der Waals surface area contributed by atoms with E-state index in [0.29, 0.717) is 0 Å². The Morgan fingerprint density at radius 1 is 1.21 bits per heavy atom. The van der Waals surface area contributed by atoms with Crippen molar-refractivity contribution in [1.82, 2.24) is 5.32 Å². The Hall–Kier alpha value is -1.06. The molecule has 0 spiro atoms. The molecule has 0 unspecified atom stereocenters. The predicted molar refractivity (Wildman–Crippen MR) is 77.4 cm³/mol. The van der Waals surface area contributed by atoms with Crippen LogP contribution in [0.2, 0.25) is 0 Å². The molecule has 0 saturated heterocycles. The van der Waals surface area contributed by atoms with Crippen LogP contribution in [0.15, 0.2) is 24.3 Å². The molecule has 2 rings (SSSR count). The van der Waals surface area contributed by atoms with Crippen LogP contribution in [0.3, 0.4) is 0 Å². The second-order valence-corrected chi connectivity index (χ2v) is 5.49. The van der Waals surface area contributed by atoms with E-state index >= 15 is 0 Å². The quantitative estimate of drug-likeness (QED) is 0.673. The summed E-state index contributed by atoms with van der Waals surface area (Å²) in [5.74, 6) is 0.947. The van der Waals surface area contributed by atoms with Crippen LogP contribution >= 0.6 is 0 Å². The summed E-state index contributed by atoms with van der Waals surface area (Å²) in [5.41, 5.74) is 1.25. The van der Waals surface area contributed by atoms with Gasteiger partial charge in [-0.2, -0.15) is 0 Å². The van der Waals surface area contributed by atoms with Crippen molar-refractivity contribution in [3.8, 4) is 5.75 Å². The van der Waals surface area contributed by atoms with E-state index in [1.165, 1.54) is 18.4 Å². The molecule has 1 saturated carbocycles. The third-order valence-corrected chi connectivity index (χ3v) is 3.76. The number of unbranched alkanes of at least 4 members (excludes halogenated alkanes) is 2. The van der Waals surface area contributed by atoms with Crippen LogP contribution in [0.4, 0.5) is 0 Å². The van der Waals surface area contributed by atoms with Gasteiger partial charge in [-0.15, -0.1) is 0 Å².